The Balaban J connectivity index is 2.35. The van der Waals surface area contributed by atoms with Crippen LogP contribution in [-0.2, 0) is 43.4 Å². The number of benzene rings is 1. The molecular weight excluding hydrogens is 744 g/mol. The summed E-state index contributed by atoms with van der Waals surface area (Å²) in [5, 5.41) is 21.0. The molecule has 0 heterocycles. The lowest BCUT2D eigenvalue weighted by Gasteiger charge is -2.22. The van der Waals surface area contributed by atoms with Crippen molar-refractivity contribution in [2.45, 2.75) is 83.9 Å². The van der Waals surface area contributed by atoms with Crippen LogP contribution < -0.4 is 38.1 Å². The summed E-state index contributed by atoms with van der Waals surface area (Å²) in [6.07, 6.45) is 1.12. The summed E-state index contributed by atoms with van der Waals surface area (Å²) < 4.78 is 42.7. The van der Waals surface area contributed by atoms with Gasteiger partial charge < -0.3 is 57.7 Å². The van der Waals surface area contributed by atoms with Crippen LogP contribution in [0.5, 0.6) is 0 Å². The van der Waals surface area contributed by atoms with Crippen LogP contribution in [0, 0.1) is 5.92 Å². The molecule has 302 valence electrons. The van der Waals surface area contributed by atoms with E-state index in [0.29, 0.717) is 43.4 Å². The van der Waals surface area contributed by atoms with Crippen molar-refractivity contribution in [2.75, 3.05) is 38.2 Å². The van der Waals surface area contributed by atoms with Gasteiger partial charge >= 0.3 is 33.9 Å². The van der Waals surface area contributed by atoms with E-state index in [1.54, 1.807) is 38.1 Å². The van der Waals surface area contributed by atoms with Crippen LogP contribution in [0.3, 0.4) is 0 Å². The fraction of sp³-hybridized carbons (Fsp3) is 0.633. The van der Waals surface area contributed by atoms with Crippen molar-refractivity contribution >= 4 is 51.4 Å². The molecule has 1 rings (SSSR count). The Morgan fingerprint density at radius 3 is 1.85 bits per heavy atom. The lowest BCUT2D eigenvalue weighted by molar-refractivity contribution is -0.128. The van der Waals surface area contributed by atoms with Crippen molar-refractivity contribution in [3.05, 3.63) is 29.8 Å². The first-order valence-electron chi connectivity index (χ1n) is 16.9. The molecule has 0 aromatic heterocycles. The number of nitrogens with one attached hydrogen (secondary N) is 5. The lowest BCUT2D eigenvalue weighted by Crippen LogP contribution is -2.51. The second-order valence-corrected chi connectivity index (χ2v) is 15.0. The number of phosphoric acid groups is 2. The van der Waals surface area contributed by atoms with Crippen molar-refractivity contribution in [1.29, 1.82) is 0 Å². The molecule has 0 spiro atoms. The minimum Gasteiger partial charge on any atom is -0.465 e. The number of carbonyl (C=O) groups excluding carboxylic acids is 4. The maximum Gasteiger partial charge on any atom is 0.481 e. The second-order valence-electron chi connectivity index (χ2n) is 12.0. The number of nitrogens with two attached hydrogens (primary N) is 2. The first-order valence-corrected chi connectivity index (χ1v) is 19.9. The molecule has 0 saturated heterocycles. The predicted molar refractivity (Wildman–Crippen MR) is 191 cm³/mol. The third-order valence-electron chi connectivity index (χ3n) is 7.12. The maximum atomic E-state index is 13.0. The number of ether oxygens (including phenoxy) is 1. The fourth-order valence-electron chi connectivity index (χ4n) is 4.20. The number of phosphoric ester groups is 2. The minimum absolute atomic E-state index is 0.0684. The van der Waals surface area contributed by atoms with Gasteiger partial charge in [-0.25, -0.2) is 23.5 Å². The summed E-state index contributed by atoms with van der Waals surface area (Å²) >= 11 is 0. The highest BCUT2D eigenvalue weighted by Gasteiger charge is 2.35. The van der Waals surface area contributed by atoms with Gasteiger partial charge in [-0.1, -0.05) is 26.0 Å². The van der Waals surface area contributed by atoms with E-state index < -0.39 is 57.8 Å². The van der Waals surface area contributed by atoms with Crippen LogP contribution in [0.15, 0.2) is 24.3 Å². The Bertz CT molecular complexity index is 1400. The zero-order chi connectivity index (χ0) is 39.9. The molecule has 0 bridgehead atoms. The number of primary amides is 1. The summed E-state index contributed by atoms with van der Waals surface area (Å²) in [7, 11) is -9.77. The minimum atomic E-state index is -4.89. The van der Waals surface area contributed by atoms with Gasteiger partial charge in [-0.05, 0) is 75.0 Å². The Morgan fingerprint density at radius 1 is 0.774 bits per heavy atom. The molecule has 2 unspecified atom stereocenters. The molecule has 53 heavy (non-hydrogen) atoms. The second kappa shape index (κ2) is 25.3. The van der Waals surface area contributed by atoms with Gasteiger partial charge in [0, 0.05) is 25.3 Å². The summed E-state index contributed by atoms with van der Waals surface area (Å²) in [5.41, 5.74) is 12.0. The third-order valence-corrected chi connectivity index (χ3v) is 9.79. The Hall–Kier alpha value is -3.81. The van der Waals surface area contributed by atoms with Crippen molar-refractivity contribution in [2.24, 2.45) is 17.4 Å². The van der Waals surface area contributed by atoms with Crippen LogP contribution in [0.4, 0.5) is 20.1 Å². The molecule has 6 amide bonds. The molecule has 0 fully saturated rings. The van der Waals surface area contributed by atoms with Crippen molar-refractivity contribution in [3.63, 3.8) is 0 Å². The van der Waals surface area contributed by atoms with Gasteiger partial charge in [0.1, 0.15) is 12.6 Å². The highest BCUT2D eigenvalue weighted by Crippen LogP contribution is 2.60. The number of rotatable bonds is 27. The van der Waals surface area contributed by atoms with E-state index in [2.05, 4.69) is 35.4 Å². The normalized spacial score (nSPS) is 14.5. The van der Waals surface area contributed by atoms with E-state index in [-0.39, 0.29) is 64.6 Å². The van der Waals surface area contributed by atoms with E-state index in [0.717, 1.165) is 0 Å². The molecule has 23 heteroatoms. The van der Waals surface area contributed by atoms with Gasteiger partial charge in [-0.3, -0.25) is 18.6 Å². The number of carbonyl (C=O) groups is 5. The van der Waals surface area contributed by atoms with Crippen LogP contribution in [0.25, 0.3) is 0 Å². The number of carboxylic acid groups (broad SMARTS) is 1. The monoisotopic (exact) mass is 797 g/mol. The quantitative estimate of drug-likeness (QED) is 0.0452. The average Bonchev–Trinajstić information content (AvgIpc) is 3.07. The van der Waals surface area contributed by atoms with Gasteiger partial charge in [0.15, 0.2) is 0 Å². The van der Waals surface area contributed by atoms with E-state index in [4.69, 9.17) is 25.8 Å². The summed E-state index contributed by atoms with van der Waals surface area (Å²) in [6.45, 7) is 3.59. The van der Waals surface area contributed by atoms with Crippen molar-refractivity contribution in [1.82, 2.24) is 21.3 Å². The lowest BCUT2D eigenvalue weighted by atomic mass is 10.0. The highest BCUT2D eigenvalue weighted by atomic mass is 31.3. The Kier molecular flexibility index (Phi) is 22.5. The SMILES string of the molecule is CC(C)[C@@H](N)C(=O)N[C@H](CCCNC(N)=O)C(=O)Nc1ccc(COC(=O)NCCCCCOP(=O)(O)OP(=O)(O)OCCCCCNC(=O)O)cc1. The topological polar surface area (TPSA) is 329 Å². The van der Waals surface area contributed by atoms with Gasteiger partial charge in [0.05, 0.1) is 19.3 Å². The standard InChI is InChI=1S/C30H53N7O14P2/c1-21(2)25(31)27(39)37-24(10-9-17-33-28(32)40)26(38)36-23-13-11-22(12-14-23)20-48-30(43)35-16-6-4-8-19-50-53(46,47)51-52(44,45)49-18-7-3-5-15-34-29(41)42/h11-14,21,24-25,34H,3-10,15-20,31H2,1-2H3,(H,35,43)(H,36,38)(H,37,39)(H,41,42)(H,44,45)(H,46,47)(H3,32,33,40)/t24-,25-/m1/s1. The van der Waals surface area contributed by atoms with Gasteiger partial charge in [-0.2, -0.15) is 4.31 Å². The number of alkyl carbamates (subject to hydrolysis) is 1. The number of amides is 6. The first-order chi connectivity index (χ1) is 24.9. The molecule has 1 aromatic rings. The molecule has 0 radical (unpaired) electrons. The molecule has 21 nitrogen and oxygen atoms in total. The van der Waals surface area contributed by atoms with Crippen LogP contribution in [-0.4, -0.2) is 89.9 Å². The number of hydrogen-bond acceptors (Lipinski definition) is 12. The maximum absolute atomic E-state index is 13.0. The van der Waals surface area contributed by atoms with E-state index in [1.165, 1.54) is 0 Å². The molecule has 12 N–H and O–H groups in total. The number of anilines is 1. The van der Waals surface area contributed by atoms with E-state index in [9.17, 15) is 42.9 Å². The largest absolute Gasteiger partial charge is 0.481 e. The molecule has 4 atom stereocenters. The third kappa shape index (κ3) is 23.5. The summed E-state index contributed by atoms with van der Waals surface area (Å²) in [5.74, 6) is -1.12. The number of urea groups is 1. The zero-order valence-electron chi connectivity index (χ0n) is 29.8. The van der Waals surface area contributed by atoms with E-state index >= 15 is 0 Å². The molecule has 0 aliphatic rings. The Morgan fingerprint density at radius 2 is 1.32 bits per heavy atom. The van der Waals surface area contributed by atoms with Crippen LogP contribution >= 0.6 is 15.6 Å². The molecule has 1 aromatic carbocycles. The van der Waals surface area contributed by atoms with Crippen molar-refractivity contribution in [3.8, 4) is 0 Å². The highest BCUT2D eigenvalue weighted by molar-refractivity contribution is 7.61. The molecule has 0 aliphatic carbocycles. The summed E-state index contributed by atoms with van der Waals surface area (Å²) in [6, 6.07) is 4.03. The molecular formula is C30H53N7O14P2. The summed E-state index contributed by atoms with van der Waals surface area (Å²) in [4.78, 5) is 78.2. The zero-order valence-corrected chi connectivity index (χ0v) is 31.6. The predicted octanol–water partition coefficient (Wildman–Crippen LogP) is 2.63. The van der Waals surface area contributed by atoms with Crippen LogP contribution in [0.1, 0.15) is 70.8 Å². The number of hydrogen-bond donors (Lipinski definition) is 10. The fourth-order valence-corrected chi connectivity index (χ4v) is 6.34. The molecule has 0 aliphatic heterocycles. The average molecular weight is 798 g/mol. The van der Waals surface area contributed by atoms with E-state index in [1.807, 2.05) is 0 Å². The smallest absolute Gasteiger partial charge is 0.465 e. The van der Waals surface area contributed by atoms with Gasteiger partial charge in [-0.15, -0.1) is 0 Å². The Labute approximate surface area is 307 Å². The first kappa shape index (κ1) is 47.2. The van der Waals surface area contributed by atoms with Gasteiger partial charge in [0.2, 0.25) is 11.8 Å². The molecule has 0 saturated carbocycles. The van der Waals surface area contributed by atoms with Crippen molar-refractivity contribution < 1.29 is 66.1 Å². The van der Waals surface area contributed by atoms with Crippen LogP contribution in [0.2, 0.25) is 0 Å². The number of unbranched alkanes of at least 4 members (excludes halogenated alkanes) is 4. The van der Waals surface area contributed by atoms with Gasteiger partial charge in [0.25, 0.3) is 0 Å².